The topological polar surface area (TPSA) is 158 Å². The minimum atomic E-state index is -3.94. The van der Waals surface area contributed by atoms with Gasteiger partial charge in [0.2, 0.25) is 15.9 Å². The number of amides is 1. The van der Waals surface area contributed by atoms with Crippen LogP contribution in [-0.4, -0.2) is 62.7 Å². The molecule has 3 aromatic heterocycles. The quantitative estimate of drug-likeness (QED) is 0.108. The largest absolute Gasteiger partial charge is 0.379 e. The molecule has 0 saturated heterocycles. The summed E-state index contributed by atoms with van der Waals surface area (Å²) >= 11 is 6.56. The first-order valence-corrected chi connectivity index (χ1v) is 20.2. The molecule has 6 aromatic rings. The van der Waals surface area contributed by atoms with Gasteiger partial charge in [0.05, 0.1) is 51.4 Å². The summed E-state index contributed by atoms with van der Waals surface area (Å²) in [5.41, 5.74) is -3.03. The predicted octanol–water partition coefficient (Wildman–Crippen LogP) is 6.70. The molecule has 0 unspecified atom stereocenters. The van der Waals surface area contributed by atoms with Crippen LogP contribution < -0.4 is 20.9 Å². The molecular formula is C37H30ClF8N9O4S. The fourth-order valence-corrected chi connectivity index (χ4v) is 8.62. The number of carbonyl (C=O) groups is 1. The SMILES string of the molecule is Cn1nc(NS(C)(=O)=O)c2c(Cl)ccc(-n3c([C@H](Cc4cc(F)cc(F)c4)NC(=O)Cn4nc(C(F)F)c5c4C(F)(F)[C@@H]4C[C@H]54)nc4cc(NCC(F)F)ccc4c3=O)c21. The number of sulfonamides is 1. The highest BCUT2D eigenvalue weighted by Gasteiger charge is 2.67. The van der Waals surface area contributed by atoms with Gasteiger partial charge in [0.1, 0.15) is 35.4 Å². The van der Waals surface area contributed by atoms with Crippen LogP contribution in [0.15, 0.2) is 53.3 Å². The molecule has 1 fully saturated rings. The van der Waals surface area contributed by atoms with E-state index in [0.29, 0.717) is 10.7 Å². The Kier molecular flexibility index (Phi) is 10.1. The molecule has 8 rings (SSSR count). The summed E-state index contributed by atoms with van der Waals surface area (Å²) in [6, 6.07) is 7.35. The molecule has 23 heteroatoms. The Hall–Kier alpha value is -5.77. The standard InChI is InChI=1S/C37H30ClF8N9O4S/c1-53-31-25(6-5-22(38)29(31)34(51-53)52-60(2,58)59)55-35(49-23-11-18(47-13-26(41)42)3-4-19(23)36(55)57)24(9-15-7-16(39)10-17(40)8-15)48-27(56)14-54-32-28(30(50-54)33(43)44)20-12-21(20)37(32,45)46/h3-8,10-11,20-21,24,26,33,47H,9,12-14H2,1-2H3,(H,48,56)(H,51,52)/t20-,21+,24-/m0/s1. The van der Waals surface area contributed by atoms with E-state index in [4.69, 9.17) is 11.6 Å². The third kappa shape index (κ3) is 7.39. The van der Waals surface area contributed by atoms with Crippen LogP contribution in [-0.2, 0) is 40.8 Å². The van der Waals surface area contributed by atoms with Gasteiger partial charge < -0.3 is 10.6 Å². The van der Waals surface area contributed by atoms with E-state index in [1.54, 1.807) is 0 Å². The zero-order valence-corrected chi connectivity index (χ0v) is 32.5. The molecule has 60 heavy (non-hydrogen) atoms. The Morgan fingerprint density at radius 1 is 1.03 bits per heavy atom. The van der Waals surface area contributed by atoms with Crippen molar-refractivity contribution < 1.29 is 48.3 Å². The van der Waals surface area contributed by atoms with Crippen LogP contribution in [0.1, 0.15) is 53.1 Å². The van der Waals surface area contributed by atoms with Crippen LogP contribution in [0, 0.1) is 17.6 Å². The van der Waals surface area contributed by atoms with Crippen LogP contribution in [0.4, 0.5) is 46.6 Å². The van der Waals surface area contributed by atoms with Gasteiger partial charge in [0.15, 0.2) is 5.82 Å². The second kappa shape index (κ2) is 14.7. The fourth-order valence-electron chi connectivity index (χ4n) is 7.89. The number of halogens is 9. The molecule has 0 radical (unpaired) electrons. The summed E-state index contributed by atoms with van der Waals surface area (Å²) in [6.07, 6.45) is -5.71. The van der Waals surface area contributed by atoms with Crippen molar-refractivity contribution in [3.63, 3.8) is 0 Å². The van der Waals surface area contributed by atoms with Gasteiger partial charge in [-0.05, 0) is 60.4 Å². The second-order valence-corrected chi connectivity index (χ2v) is 16.7. The molecule has 13 nitrogen and oxygen atoms in total. The highest BCUT2D eigenvalue weighted by atomic mass is 35.5. The van der Waals surface area contributed by atoms with Gasteiger partial charge in [-0.1, -0.05) is 11.6 Å². The lowest BCUT2D eigenvalue weighted by molar-refractivity contribution is -0.123. The van der Waals surface area contributed by atoms with Crippen molar-refractivity contribution in [2.75, 3.05) is 22.8 Å². The van der Waals surface area contributed by atoms with Crippen molar-refractivity contribution in [1.82, 2.24) is 34.4 Å². The van der Waals surface area contributed by atoms with Gasteiger partial charge in [0.25, 0.3) is 24.3 Å². The number of fused-ring (bicyclic) bond motifs is 5. The van der Waals surface area contributed by atoms with Gasteiger partial charge in [0, 0.05) is 36.7 Å². The molecule has 3 heterocycles. The summed E-state index contributed by atoms with van der Waals surface area (Å²) in [5.74, 6) is -9.45. The molecule has 3 N–H and O–H groups in total. The number of carbonyl (C=O) groups excluding carboxylic acids is 1. The Labute approximate surface area is 338 Å². The van der Waals surface area contributed by atoms with Crippen molar-refractivity contribution in [3.8, 4) is 5.69 Å². The molecule has 1 amide bonds. The van der Waals surface area contributed by atoms with Crippen molar-refractivity contribution in [3.05, 3.63) is 104 Å². The van der Waals surface area contributed by atoms with Crippen molar-refractivity contribution >= 4 is 60.8 Å². The van der Waals surface area contributed by atoms with Gasteiger partial charge in [-0.25, -0.2) is 39.7 Å². The zero-order valence-electron chi connectivity index (χ0n) is 31.0. The van der Waals surface area contributed by atoms with E-state index in [1.165, 1.54) is 42.1 Å². The van der Waals surface area contributed by atoms with Gasteiger partial charge in [-0.2, -0.15) is 19.0 Å². The van der Waals surface area contributed by atoms with Crippen molar-refractivity contribution in [1.29, 1.82) is 0 Å². The minimum absolute atomic E-state index is 0.0146. The van der Waals surface area contributed by atoms with Crippen molar-refractivity contribution in [2.45, 2.75) is 50.1 Å². The summed E-state index contributed by atoms with van der Waals surface area (Å²) in [4.78, 5) is 33.4. The van der Waals surface area contributed by atoms with E-state index < -0.39 is 101 Å². The Bertz CT molecular complexity index is 2900. The fraction of sp³-hybridized carbons (Fsp3) is 0.324. The number of benzene rings is 3. The Balaban J connectivity index is 1.33. The number of nitrogens with zero attached hydrogens (tertiary/aromatic N) is 6. The third-order valence-corrected chi connectivity index (χ3v) is 11.1. The smallest absolute Gasteiger partial charge is 0.293 e. The normalized spacial score (nSPS) is 17.4. The van der Waals surface area contributed by atoms with E-state index in [2.05, 4.69) is 30.5 Å². The van der Waals surface area contributed by atoms with Crippen LogP contribution in [0.5, 0.6) is 0 Å². The first-order chi connectivity index (χ1) is 28.2. The van der Waals surface area contributed by atoms with E-state index in [0.717, 1.165) is 23.0 Å². The number of rotatable bonds is 13. The molecule has 1 saturated carbocycles. The maximum atomic E-state index is 15.4. The minimum Gasteiger partial charge on any atom is -0.379 e. The summed E-state index contributed by atoms with van der Waals surface area (Å²) in [6.45, 7) is -1.82. The number of hydrogen-bond donors (Lipinski definition) is 3. The van der Waals surface area contributed by atoms with Crippen molar-refractivity contribution in [2.24, 2.45) is 13.0 Å². The van der Waals surface area contributed by atoms with Crippen LogP contribution in [0.2, 0.25) is 5.02 Å². The maximum Gasteiger partial charge on any atom is 0.293 e. The molecule has 3 atom stereocenters. The molecule has 316 valence electrons. The number of anilines is 2. The first-order valence-electron chi connectivity index (χ1n) is 17.9. The molecular weight excluding hydrogens is 854 g/mol. The second-order valence-electron chi connectivity index (χ2n) is 14.5. The molecule has 0 bridgehead atoms. The maximum absolute atomic E-state index is 15.4. The summed E-state index contributed by atoms with van der Waals surface area (Å²) in [5, 5.41) is 12.9. The number of aromatic nitrogens is 6. The monoisotopic (exact) mass is 883 g/mol. The lowest BCUT2D eigenvalue weighted by Crippen LogP contribution is -2.38. The van der Waals surface area contributed by atoms with Crippen LogP contribution >= 0.6 is 11.6 Å². The molecule has 0 aliphatic heterocycles. The molecule has 2 aliphatic carbocycles. The average molecular weight is 884 g/mol. The molecule has 0 spiro atoms. The van der Waals surface area contributed by atoms with Crippen LogP contribution in [0.25, 0.3) is 27.5 Å². The number of aryl methyl sites for hydroxylation is 1. The van der Waals surface area contributed by atoms with Gasteiger partial charge in [-0.3, -0.25) is 28.2 Å². The van der Waals surface area contributed by atoms with E-state index in [9.17, 15) is 44.3 Å². The first kappa shape index (κ1) is 41.0. The Morgan fingerprint density at radius 3 is 2.42 bits per heavy atom. The number of alkyl halides is 6. The van der Waals surface area contributed by atoms with Gasteiger partial charge >= 0.3 is 0 Å². The third-order valence-electron chi connectivity index (χ3n) is 10.3. The summed E-state index contributed by atoms with van der Waals surface area (Å²) in [7, 11) is -2.54. The molecule has 2 aliphatic rings. The highest BCUT2D eigenvalue weighted by Crippen LogP contribution is 2.68. The van der Waals surface area contributed by atoms with E-state index in [1.807, 2.05) is 0 Å². The predicted molar refractivity (Wildman–Crippen MR) is 202 cm³/mol. The lowest BCUT2D eigenvalue weighted by Gasteiger charge is -2.24. The van der Waals surface area contributed by atoms with Gasteiger partial charge in [-0.15, -0.1) is 0 Å². The number of hydrogen-bond acceptors (Lipinski definition) is 8. The van der Waals surface area contributed by atoms with E-state index >= 15 is 8.78 Å². The van der Waals surface area contributed by atoms with Crippen LogP contribution in [0.3, 0.4) is 0 Å². The lowest BCUT2D eigenvalue weighted by atomic mass is 10.0. The average Bonchev–Trinajstić information content (AvgIpc) is 3.69. The zero-order chi connectivity index (χ0) is 43.2. The Morgan fingerprint density at radius 2 is 1.75 bits per heavy atom. The van der Waals surface area contributed by atoms with E-state index in [-0.39, 0.29) is 67.4 Å². The highest BCUT2D eigenvalue weighted by molar-refractivity contribution is 7.92. The summed E-state index contributed by atoms with van der Waals surface area (Å²) < 4.78 is 144. The molecule has 3 aromatic carbocycles. The number of nitrogens with one attached hydrogen (secondary N) is 3.